The number of anilines is 1. The van der Waals surface area contributed by atoms with Crippen molar-refractivity contribution in [2.75, 3.05) is 18.5 Å². The highest BCUT2D eigenvalue weighted by atomic mass is 35.5. The largest absolute Gasteiger partial charge is 0.370 e. The van der Waals surface area contributed by atoms with Crippen LogP contribution < -0.4 is 10.6 Å². The lowest BCUT2D eigenvalue weighted by Crippen LogP contribution is -2.19. The smallest absolute Gasteiger partial charge is 0.0426 e. The summed E-state index contributed by atoms with van der Waals surface area (Å²) >= 11 is 12.0. The van der Waals surface area contributed by atoms with Gasteiger partial charge in [0.15, 0.2) is 0 Å². The van der Waals surface area contributed by atoms with E-state index >= 15 is 0 Å². The van der Waals surface area contributed by atoms with Crippen LogP contribution in [0.3, 0.4) is 0 Å². The number of benzene rings is 2. The number of nitrogens with two attached hydrogens (primary N) is 1. The quantitative estimate of drug-likeness (QED) is 0.900. The van der Waals surface area contributed by atoms with Crippen LogP contribution in [0.2, 0.25) is 10.0 Å². The van der Waals surface area contributed by atoms with E-state index in [1.54, 1.807) is 0 Å². The Bertz CT molecular complexity index is 567. The molecule has 20 heavy (non-hydrogen) atoms. The van der Waals surface area contributed by atoms with Crippen molar-refractivity contribution in [3.8, 4) is 0 Å². The van der Waals surface area contributed by atoms with Crippen molar-refractivity contribution in [1.29, 1.82) is 0 Å². The second-order valence-electron chi connectivity index (χ2n) is 4.79. The maximum atomic E-state index is 6.11. The highest BCUT2D eigenvalue weighted by molar-refractivity contribution is 6.31. The number of nitrogens with zero attached hydrogens (tertiary/aromatic N) is 1. The minimum atomic E-state index is 0.628. The van der Waals surface area contributed by atoms with Gasteiger partial charge in [-0.15, -0.1) is 0 Å². The molecule has 0 spiro atoms. The maximum Gasteiger partial charge on any atom is 0.0426 e. The lowest BCUT2D eigenvalue weighted by Gasteiger charge is -2.23. The Morgan fingerprint density at radius 2 is 1.65 bits per heavy atom. The van der Waals surface area contributed by atoms with Crippen LogP contribution in [0, 0.1) is 0 Å². The zero-order chi connectivity index (χ0) is 14.5. The Morgan fingerprint density at radius 1 is 1.00 bits per heavy atom. The van der Waals surface area contributed by atoms with Crippen LogP contribution in [0.5, 0.6) is 0 Å². The third-order valence-electron chi connectivity index (χ3n) is 3.21. The molecule has 2 nitrogen and oxygen atoms in total. The Labute approximate surface area is 130 Å². The van der Waals surface area contributed by atoms with Gasteiger partial charge < -0.3 is 10.6 Å². The van der Waals surface area contributed by atoms with Crippen LogP contribution in [0.4, 0.5) is 5.69 Å². The summed E-state index contributed by atoms with van der Waals surface area (Å²) in [5, 5.41) is 1.49. The molecule has 0 saturated heterocycles. The van der Waals surface area contributed by atoms with Crippen molar-refractivity contribution in [1.82, 2.24) is 0 Å². The average molecular weight is 309 g/mol. The van der Waals surface area contributed by atoms with Crippen molar-refractivity contribution < 1.29 is 0 Å². The van der Waals surface area contributed by atoms with E-state index in [1.165, 1.54) is 11.1 Å². The first kappa shape index (κ1) is 15.2. The van der Waals surface area contributed by atoms with Crippen LogP contribution in [0.1, 0.15) is 11.1 Å². The van der Waals surface area contributed by atoms with E-state index in [2.05, 4.69) is 11.9 Å². The molecular formula is C16H18Cl2N2. The molecule has 106 valence electrons. The van der Waals surface area contributed by atoms with Gasteiger partial charge in [-0.1, -0.05) is 41.4 Å². The van der Waals surface area contributed by atoms with Crippen molar-refractivity contribution in [2.24, 2.45) is 5.73 Å². The number of hydrogen-bond donors (Lipinski definition) is 1. The highest BCUT2D eigenvalue weighted by Crippen LogP contribution is 2.26. The molecule has 0 aliphatic rings. The molecule has 0 heterocycles. The summed E-state index contributed by atoms with van der Waals surface area (Å²) in [5.41, 5.74) is 9.21. The Hall–Kier alpha value is -1.22. The predicted octanol–water partition coefficient (Wildman–Crippen LogP) is 4.13. The summed E-state index contributed by atoms with van der Waals surface area (Å²) in [4.78, 5) is 2.18. The molecule has 0 aromatic heterocycles. The first-order valence-electron chi connectivity index (χ1n) is 6.54. The average Bonchev–Trinajstić information content (AvgIpc) is 2.43. The van der Waals surface area contributed by atoms with Gasteiger partial charge in [0.1, 0.15) is 0 Å². The molecule has 0 unspecified atom stereocenters. The number of hydrogen-bond acceptors (Lipinski definition) is 2. The summed E-state index contributed by atoms with van der Waals surface area (Å²) in [5.74, 6) is 0. The van der Waals surface area contributed by atoms with E-state index in [1.807, 2.05) is 42.5 Å². The summed E-state index contributed by atoms with van der Waals surface area (Å²) < 4.78 is 0. The molecule has 4 heteroatoms. The molecular weight excluding hydrogens is 291 g/mol. The first-order chi connectivity index (χ1) is 9.60. The van der Waals surface area contributed by atoms with Gasteiger partial charge in [0.25, 0.3) is 0 Å². The molecule has 0 radical (unpaired) electrons. The van der Waals surface area contributed by atoms with Gasteiger partial charge in [-0.3, -0.25) is 0 Å². The molecule has 0 atom stereocenters. The van der Waals surface area contributed by atoms with E-state index < -0.39 is 0 Å². The maximum absolute atomic E-state index is 6.11. The van der Waals surface area contributed by atoms with E-state index in [0.29, 0.717) is 6.54 Å². The normalized spacial score (nSPS) is 10.6. The Kier molecular flexibility index (Phi) is 5.30. The van der Waals surface area contributed by atoms with Crippen LogP contribution >= 0.6 is 23.2 Å². The lowest BCUT2D eigenvalue weighted by molar-refractivity contribution is 0.893. The zero-order valence-corrected chi connectivity index (χ0v) is 13.0. The van der Waals surface area contributed by atoms with E-state index in [4.69, 9.17) is 28.9 Å². The lowest BCUT2D eigenvalue weighted by atomic mass is 10.1. The van der Waals surface area contributed by atoms with Crippen molar-refractivity contribution in [3.05, 3.63) is 63.6 Å². The monoisotopic (exact) mass is 308 g/mol. The third kappa shape index (κ3) is 3.89. The third-order valence-corrected chi connectivity index (χ3v) is 3.69. The zero-order valence-electron chi connectivity index (χ0n) is 11.4. The highest BCUT2D eigenvalue weighted by Gasteiger charge is 2.08. The Morgan fingerprint density at radius 3 is 2.30 bits per heavy atom. The van der Waals surface area contributed by atoms with Gasteiger partial charge >= 0.3 is 0 Å². The van der Waals surface area contributed by atoms with Gasteiger partial charge in [0.05, 0.1) is 0 Å². The summed E-state index contributed by atoms with van der Waals surface area (Å²) in [6, 6.07) is 13.8. The van der Waals surface area contributed by atoms with Crippen LogP contribution in [0.25, 0.3) is 0 Å². The molecule has 0 saturated carbocycles. The molecule has 0 bridgehead atoms. The summed E-state index contributed by atoms with van der Waals surface area (Å²) in [7, 11) is 2.06. The first-order valence-corrected chi connectivity index (χ1v) is 7.30. The van der Waals surface area contributed by atoms with Gasteiger partial charge in [-0.2, -0.15) is 0 Å². The van der Waals surface area contributed by atoms with Crippen LogP contribution in [-0.4, -0.2) is 13.6 Å². The van der Waals surface area contributed by atoms with Gasteiger partial charge in [0.2, 0.25) is 0 Å². The SMILES string of the molecule is CN(Cc1ccc(Cl)cc1)c1cc(Cl)ccc1CCN. The van der Waals surface area contributed by atoms with Gasteiger partial charge in [0, 0.05) is 29.3 Å². The van der Waals surface area contributed by atoms with Crippen molar-refractivity contribution in [3.63, 3.8) is 0 Å². The fraction of sp³-hybridized carbons (Fsp3) is 0.250. The topological polar surface area (TPSA) is 29.3 Å². The van der Waals surface area contributed by atoms with Crippen molar-refractivity contribution >= 4 is 28.9 Å². The van der Waals surface area contributed by atoms with Crippen LogP contribution in [0.15, 0.2) is 42.5 Å². The molecule has 2 rings (SSSR count). The van der Waals surface area contributed by atoms with E-state index in [9.17, 15) is 0 Å². The minimum Gasteiger partial charge on any atom is -0.370 e. The predicted molar refractivity (Wildman–Crippen MR) is 87.8 cm³/mol. The van der Waals surface area contributed by atoms with Crippen LogP contribution in [-0.2, 0) is 13.0 Å². The van der Waals surface area contributed by atoms with E-state index in [0.717, 1.165) is 28.7 Å². The summed E-state index contributed by atoms with van der Waals surface area (Å²) in [6.07, 6.45) is 0.845. The molecule has 0 aliphatic carbocycles. The number of halogens is 2. The molecule has 2 N–H and O–H groups in total. The molecule has 0 aliphatic heterocycles. The van der Waals surface area contributed by atoms with Gasteiger partial charge in [-0.25, -0.2) is 0 Å². The number of rotatable bonds is 5. The molecule has 2 aromatic rings. The standard InChI is InChI=1S/C16H18Cl2N2/c1-20(11-12-2-5-14(17)6-3-12)16-10-15(18)7-4-13(16)8-9-19/h2-7,10H,8-9,11,19H2,1H3. The summed E-state index contributed by atoms with van der Waals surface area (Å²) in [6.45, 7) is 1.43. The fourth-order valence-electron chi connectivity index (χ4n) is 2.21. The second kappa shape index (κ2) is 6.98. The minimum absolute atomic E-state index is 0.628. The van der Waals surface area contributed by atoms with Crippen molar-refractivity contribution in [2.45, 2.75) is 13.0 Å². The molecule has 0 fully saturated rings. The Balaban J connectivity index is 2.21. The molecule has 2 aromatic carbocycles. The molecule has 0 amide bonds. The fourth-order valence-corrected chi connectivity index (χ4v) is 2.50. The van der Waals surface area contributed by atoms with E-state index in [-0.39, 0.29) is 0 Å². The second-order valence-corrected chi connectivity index (χ2v) is 5.67. The van der Waals surface area contributed by atoms with Gasteiger partial charge in [-0.05, 0) is 48.4 Å².